The van der Waals surface area contributed by atoms with Crippen molar-refractivity contribution in [1.29, 1.82) is 0 Å². The van der Waals surface area contributed by atoms with Crippen molar-refractivity contribution in [2.45, 2.75) is 101 Å². The third-order valence-electron chi connectivity index (χ3n) is 2.79. The first-order valence-corrected chi connectivity index (χ1v) is 8.03. The lowest BCUT2D eigenvalue weighted by atomic mass is 10.1. The maximum Gasteiger partial charge on any atom is -0.0448 e. The Balaban J connectivity index is -0.0000000727. The fourth-order valence-corrected chi connectivity index (χ4v) is 0.577. The van der Waals surface area contributed by atoms with Crippen LogP contribution in [-0.4, -0.2) is 0 Å². The molecule has 0 radical (unpaired) electrons. The Morgan fingerprint density at radius 1 is 0.529 bits per heavy atom. The van der Waals surface area contributed by atoms with Crippen molar-refractivity contribution in [2.24, 2.45) is 11.8 Å². The highest BCUT2D eigenvalue weighted by atomic mass is 14.0. The Morgan fingerprint density at radius 2 is 0.647 bits per heavy atom. The quantitative estimate of drug-likeness (QED) is 0.487. The van der Waals surface area contributed by atoms with E-state index in [0.717, 1.165) is 11.8 Å². The normalized spacial score (nSPS) is 8.47. The molecule has 0 N–H and O–H groups in total. The lowest BCUT2D eigenvalue weighted by Gasteiger charge is -1.98. The lowest BCUT2D eigenvalue weighted by molar-refractivity contribution is 0.544. The average molecular weight is 247 g/mol. The van der Waals surface area contributed by atoms with Gasteiger partial charge in [-0.2, -0.15) is 0 Å². The first-order valence-electron chi connectivity index (χ1n) is 8.03. The van der Waals surface area contributed by atoms with Gasteiger partial charge in [-0.05, 0) is 11.8 Å². The summed E-state index contributed by atoms with van der Waals surface area (Å²) in [5, 5.41) is 0. The van der Waals surface area contributed by atoms with Crippen LogP contribution in [0, 0.1) is 11.8 Å². The maximum absolute atomic E-state index is 2.28. The average Bonchev–Trinajstić information content (AvgIpc) is 2.40. The molecule has 110 valence electrons. The van der Waals surface area contributed by atoms with Gasteiger partial charge >= 0.3 is 0 Å². The predicted octanol–water partition coefficient (Wildman–Crippen LogP) is 7.33. The van der Waals surface area contributed by atoms with Crippen LogP contribution in [-0.2, 0) is 0 Å². The van der Waals surface area contributed by atoms with E-state index in [9.17, 15) is 0 Å². The molecule has 0 nitrogen and oxygen atoms in total. The molecule has 0 aromatic rings. The molecule has 0 aromatic carbocycles. The van der Waals surface area contributed by atoms with E-state index in [2.05, 4.69) is 55.4 Å². The molecule has 17 heavy (non-hydrogen) atoms. The highest BCUT2D eigenvalue weighted by molar-refractivity contribution is 4.42. The van der Waals surface area contributed by atoms with Crippen molar-refractivity contribution >= 4 is 0 Å². The molecule has 0 fully saturated rings. The van der Waals surface area contributed by atoms with Gasteiger partial charge in [-0.3, -0.25) is 0 Å². The van der Waals surface area contributed by atoms with Crippen molar-refractivity contribution in [3.63, 3.8) is 0 Å². The smallest absolute Gasteiger partial charge is 0.0448 e. The minimum absolute atomic E-state index is 0.935. The molecule has 0 heterocycles. The molecular formula is C17H42. The van der Waals surface area contributed by atoms with Crippen molar-refractivity contribution in [3.05, 3.63) is 0 Å². The lowest BCUT2D eigenvalue weighted by Crippen LogP contribution is -1.85. The largest absolute Gasteiger partial charge is 0.0683 e. The number of rotatable bonds is 4. The monoisotopic (exact) mass is 246 g/mol. The zero-order valence-electron chi connectivity index (χ0n) is 14.7. The molecule has 0 saturated heterocycles. The van der Waals surface area contributed by atoms with E-state index in [-0.39, 0.29) is 0 Å². The zero-order chi connectivity index (χ0) is 14.7. The highest BCUT2D eigenvalue weighted by Gasteiger charge is 1.89. The standard InChI is InChI=1S/2C6H14.C3H8.C2H6/c2*1-4-6(3)5-2;1-3-2;1-2/h2*6H,4-5H2,1-3H3;3H2,1-2H3;1-2H3. The van der Waals surface area contributed by atoms with Gasteiger partial charge in [0, 0.05) is 0 Å². The molecule has 0 saturated carbocycles. The van der Waals surface area contributed by atoms with Gasteiger partial charge in [0.05, 0.1) is 0 Å². The molecular weight excluding hydrogens is 204 g/mol. The minimum Gasteiger partial charge on any atom is -0.0683 e. The maximum atomic E-state index is 2.28. The van der Waals surface area contributed by atoms with Crippen LogP contribution in [0.15, 0.2) is 0 Å². The topological polar surface area (TPSA) is 0 Å². The van der Waals surface area contributed by atoms with E-state index in [1.165, 1.54) is 32.1 Å². The molecule has 0 atom stereocenters. The number of hydrogen-bond donors (Lipinski definition) is 0. The fraction of sp³-hybridized carbons (Fsp3) is 1.00. The van der Waals surface area contributed by atoms with Crippen LogP contribution in [0.2, 0.25) is 0 Å². The molecule has 0 amide bonds. The summed E-state index contributed by atoms with van der Waals surface area (Å²) in [4.78, 5) is 0. The van der Waals surface area contributed by atoms with E-state index in [1.807, 2.05) is 13.8 Å². The minimum atomic E-state index is 0.935. The van der Waals surface area contributed by atoms with Gasteiger partial charge < -0.3 is 0 Å². The van der Waals surface area contributed by atoms with Gasteiger partial charge in [-0.1, -0.05) is 101 Å². The summed E-state index contributed by atoms with van der Waals surface area (Å²) < 4.78 is 0. The third kappa shape index (κ3) is 49.0. The SMILES string of the molecule is CC.CCC.CCC(C)CC.CCC(C)CC. The molecule has 0 spiro atoms. The van der Waals surface area contributed by atoms with Crippen LogP contribution < -0.4 is 0 Å². The van der Waals surface area contributed by atoms with Gasteiger partial charge in [0.15, 0.2) is 0 Å². The molecule has 0 bridgehead atoms. The summed E-state index contributed by atoms with van der Waals surface area (Å²) in [7, 11) is 0. The summed E-state index contributed by atoms with van der Waals surface area (Å²) in [6.07, 6.45) is 6.57. The Bertz CT molecular complexity index is 58.1. The first kappa shape index (κ1) is 25.8. The highest BCUT2D eigenvalue weighted by Crippen LogP contribution is 2.03. The predicted molar refractivity (Wildman–Crippen MR) is 86.8 cm³/mol. The summed E-state index contributed by atoms with van der Waals surface area (Å²) in [5.74, 6) is 1.87. The molecule has 0 aromatic heterocycles. The third-order valence-corrected chi connectivity index (χ3v) is 2.79. The van der Waals surface area contributed by atoms with E-state index in [1.54, 1.807) is 0 Å². The van der Waals surface area contributed by atoms with Crippen LogP contribution in [0.4, 0.5) is 0 Å². The summed E-state index contributed by atoms with van der Waals surface area (Å²) in [5.41, 5.74) is 0. The second-order valence-corrected chi connectivity index (χ2v) is 4.55. The molecule has 0 heteroatoms. The molecule has 0 rings (SSSR count). The van der Waals surface area contributed by atoms with Gasteiger partial charge in [0.25, 0.3) is 0 Å². The van der Waals surface area contributed by atoms with Crippen molar-refractivity contribution in [2.75, 3.05) is 0 Å². The van der Waals surface area contributed by atoms with E-state index < -0.39 is 0 Å². The van der Waals surface area contributed by atoms with Crippen molar-refractivity contribution in [1.82, 2.24) is 0 Å². The van der Waals surface area contributed by atoms with Gasteiger partial charge in [-0.15, -0.1) is 0 Å². The first-order chi connectivity index (χ1) is 8.03. The van der Waals surface area contributed by atoms with E-state index in [0.29, 0.717) is 0 Å². The Kier molecular flexibility index (Phi) is 45.1. The molecule has 0 aliphatic rings. The fourth-order valence-electron chi connectivity index (χ4n) is 0.577. The Labute approximate surface area is 114 Å². The summed E-state index contributed by atoms with van der Waals surface area (Å²) >= 11 is 0. The Morgan fingerprint density at radius 3 is 0.647 bits per heavy atom. The van der Waals surface area contributed by atoms with Crippen LogP contribution in [0.5, 0.6) is 0 Å². The van der Waals surface area contributed by atoms with Gasteiger partial charge in [-0.25, -0.2) is 0 Å². The Hall–Kier alpha value is 0. The van der Waals surface area contributed by atoms with Crippen LogP contribution in [0.1, 0.15) is 101 Å². The van der Waals surface area contributed by atoms with Crippen LogP contribution in [0.25, 0.3) is 0 Å². The van der Waals surface area contributed by atoms with Gasteiger partial charge in [0.2, 0.25) is 0 Å². The number of hydrogen-bond acceptors (Lipinski definition) is 0. The second kappa shape index (κ2) is 29.8. The summed E-state index contributed by atoms with van der Waals surface area (Å²) in [6.45, 7) is 21.7. The van der Waals surface area contributed by atoms with E-state index in [4.69, 9.17) is 0 Å². The zero-order valence-corrected chi connectivity index (χ0v) is 14.7. The second-order valence-electron chi connectivity index (χ2n) is 4.55. The van der Waals surface area contributed by atoms with E-state index >= 15 is 0 Å². The van der Waals surface area contributed by atoms with Crippen molar-refractivity contribution < 1.29 is 0 Å². The summed E-state index contributed by atoms with van der Waals surface area (Å²) in [6, 6.07) is 0. The van der Waals surface area contributed by atoms with Crippen LogP contribution >= 0.6 is 0 Å². The van der Waals surface area contributed by atoms with Crippen LogP contribution in [0.3, 0.4) is 0 Å². The molecule has 0 aliphatic carbocycles. The van der Waals surface area contributed by atoms with Crippen molar-refractivity contribution in [3.8, 4) is 0 Å². The molecule has 0 aliphatic heterocycles. The van der Waals surface area contributed by atoms with Gasteiger partial charge in [0.1, 0.15) is 0 Å². The molecule has 0 unspecified atom stereocenters.